The maximum absolute atomic E-state index is 5.84. The van der Waals surface area contributed by atoms with Crippen molar-refractivity contribution in [3.63, 3.8) is 0 Å². The van der Waals surface area contributed by atoms with E-state index in [1.165, 1.54) is 16.8 Å². The van der Waals surface area contributed by atoms with Crippen LogP contribution < -0.4 is 15.5 Å². The smallest absolute Gasteiger partial charge is 0.191 e. The van der Waals surface area contributed by atoms with Gasteiger partial charge in [-0.1, -0.05) is 55.5 Å². The molecule has 1 aliphatic heterocycles. The van der Waals surface area contributed by atoms with Crippen molar-refractivity contribution in [1.29, 1.82) is 0 Å². The summed E-state index contributed by atoms with van der Waals surface area (Å²) in [7, 11) is 1.81. The van der Waals surface area contributed by atoms with E-state index in [4.69, 9.17) is 9.47 Å². The molecule has 0 spiro atoms. The molecular weight excluding hydrogens is 503 g/mol. The quantitative estimate of drug-likeness (QED) is 0.290. The van der Waals surface area contributed by atoms with Crippen LogP contribution >= 0.6 is 24.0 Å². The Morgan fingerprint density at radius 1 is 1.06 bits per heavy atom. The summed E-state index contributed by atoms with van der Waals surface area (Å²) in [6, 6.07) is 18.8. The van der Waals surface area contributed by atoms with Crippen molar-refractivity contribution in [2.75, 3.05) is 51.4 Å². The highest BCUT2D eigenvalue weighted by molar-refractivity contribution is 14.0. The number of nitrogens with zero attached hydrogens (tertiary/aromatic N) is 2. The van der Waals surface area contributed by atoms with Crippen molar-refractivity contribution >= 4 is 35.6 Å². The number of anilines is 1. The Balaban J connectivity index is 0.00000341. The van der Waals surface area contributed by atoms with Crippen molar-refractivity contribution in [3.05, 3.63) is 65.7 Å². The summed E-state index contributed by atoms with van der Waals surface area (Å²) >= 11 is 0. The van der Waals surface area contributed by atoms with Crippen LogP contribution in [0.4, 0.5) is 5.69 Å². The summed E-state index contributed by atoms with van der Waals surface area (Å²) in [5.41, 5.74) is 3.74. The van der Waals surface area contributed by atoms with E-state index in [0.717, 1.165) is 45.4 Å². The number of hydrogen-bond donors (Lipinski definition) is 2. The first kappa shape index (κ1) is 25.4. The third kappa shape index (κ3) is 8.66. The molecule has 1 saturated heterocycles. The highest BCUT2D eigenvalue weighted by Crippen LogP contribution is 2.21. The summed E-state index contributed by atoms with van der Waals surface area (Å²) in [5.74, 6) is 1.19. The van der Waals surface area contributed by atoms with Crippen LogP contribution in [0.2, 0.25) is 0 Å². The first-order valence-electron chi connectivity index (χ1n) is 10.7. The van der Waals surface area contributed by atoms with Gasteiger partial charge in [0.2, 0.25) is 0 Å². The van der Waals surface area contributed by atoms with Gasteiger partial charge in [-0.3, -0.25) is 4.99 Å². The molecule has 31 heavy (non-hydrogen) atoms. The lowest BCUT2D eigenvalue weighted by molar-refractivity contribution is 0.0931. The van der Waals surface area contributed by atoms with Crippen LogP contribution in [0.3, 0.4) is 0 Å². The van der Waals surface area contributed by atoms with Gasteiger partial charge in [0.25, 0.3) is 0 Å². The lowest BCUT2D eigenvalue weighted by atomic mass is 10.1. The minimum Gasteiger partial charge on any atom is -0.378 e. The fourth-order valence-electron chi connectivity index (χ4n) is 3.45. The van der Waals surface area contributed by atoms with Crippen LogP contribution in [0.5, 0.6) is 0 Å². The fourth-order valence-corrected chi connectivity index (χ4v) is 3.45. The Labute approximate surface area is 203 Å². The van der Waals surface area contributed by atoms with Gasteiger partial charge in [-0.2, -0.15) is 0 Å². The third-order valence-electron chi connectivity index (χ3n) is 5.15. The van der Waals surface area contributed by atoms with Crippen LogP contribution in [0.15, 0.2) is 59.6 Å². The molecule has 0 aliphatic carbocycles. The average molecular weight is 538 g/mol. The number of hydrogen-bond acceptors (Lipinski definition) is 4. The zero-order valence-corrected chi connectivity index (χ0v) is 20.9. The molecule has 2 aromatic carbocycles. The summed E-state index contributed by atoms with van der Waals surface area (Å²) in [4.78, 5) is 6.76. The molecule has 0 saturated carbocycles. The van der Waals surface area contributed by atoms with E-state index < -0.39 is 0 Å². The van der Waals surface area contributed by atoms with Gasteiger partial charge >= 0.3 is 0 Å². The number of para-hydroxylation sites is 1. The minimum absolute atomic E-state index is 0. The first-order valence-corrected chi connectivity index (χ1v) is 10.7. The summed E-state index contributed by atoms with van der Waals surface area (Å²) in [6.45, 7) is 8.51. The standard InChI is InChI=1S/C24H34N4O2.HI/c1-20(18-30-19-21-8-4-3-5-9-21)16-26-24(25-2)27-17-22-10-6-7-11-23(22)28-12-14-29-15-13-28;/h3-11,20H,12-19H2,1-2H3,(H2,25,26,27);1H. The van der Waals surface area contributed by atoms with Crippen molar-refractivity contribution in [2.24, 2.45) is 10.9 Å². The van der Waals surface area contributed by atoms with E-state index in [0.29, 0.717) is 19.1 Å². The lowest BCUT2D eigenvalue weighted by Crippen LogP contribution is -2.40. The van der Waals surface area contributed by atoms with Crippen LogP contribution in [-0.2, 0) is 22.6 Å². The molecule has 7 heteroatoms. The molecule has 0 radical (unpaired) electrons. The Morgan fingerprint density at radius 3 is 2.52 bits per heavy atom. The van der Waals surface area contributed by atoms with Crippen LogP contribution in [-0.4, -0.2) is 52.5 Å². The van der Waals surface area contributed by atoms with Gasteiger partial charge < -0.3 is 25.0 Å². The molecule has 2 N–H and O–H groups in total. The van der Waals surface area contributed by atoms with Gasteiger partial charge in [-0.05, 0) is 23.1 Å². The molecule has 3 rings (SSSR count). The van der Waals surface area contributed by atoms with Gasteiger partial charge in [-0.25, -0.2) is 0 Å². The average Bonchev–Trinajstić information content (AvgIpc) is 2.81. The van der Waals surface area contributed by atoms with Crippen molar-refractivity contribution in [3.8, 4) is 0 Å². The molecule has 1 unspecified atom stereocenters. The minimum atomic E-state index is 0. The zero-order valence-electron chi connectivity index (χ0n) is 18.5. The van der Waals surface area contributed by atoms with E-state index in [2.05, 4.69) is 63.8 Å². The molecule has 170 valence electrons. The molecule has 1 heterocycles. The van der Waals surface area contributed by atoms with E-state index in [1.54, 1.807) is 7.05 Å². The summed E-state index contributed by atoms with van der Waals surface area (Å²) < 4.78 is 11.3. The predicted molar refractivity (Wildman–Crippen MR) is 138 cm³/mol. The molecule has 2 aromatic rings. The van der Waals surface area contributed by atoms with Crippen molar-refractivity contribution < 1.29 is 9.47 Å². The first-order chi connectivity index (χ1) is 14.8. The second-order valence-corrected chi connectivity index (χ2v) is 7.64. The maximum Gasteiger partial charge on any atom is 0.191 e. The molecule has 1 fully saturated rings. The second-order valence-electron chi connectivity index (χ2n) is 7.64. The number of rotatable bonds is 9. The van der Waals surface area contributed by atoms with Gasteiger partial charge in [0.1, 0.15) is 0 Å². The normalized spacial score (nSPS) is 15.2. The number of morpholine rings is 1. The van der Waals surface area contributed by atoms with Gasteiger partial charge in [-0.15, -0.1) is 24.0 Å². The molecule has 1 aliphatic rings. The monoisotopic (exact) mass is 538 g/mol. The molecule has 6 nitrogen and oxygen atoms in total. The van der Waals surface area contributed by atoms with E-state index in [-0.39, 0.29) is 24.0 Å². The molecular formula is C24H35IN4O2. The highest BCUT2D eigenvalue weighted by Gasteiger charge is 2.14. The van der Waals surface area contributed by atoms with E-state index in [9.17, 15) is 0 Å². The van der Waals surface area contributed by atoms with Crippen molar-refractivity contribution in [1.82, 2.24) is 10.6 Å². The summed E-state index contributed by atoms with van der Waals surface area (Å²) in [5, 5.41) is 6.86. The third-order valence-corrected chi connectivity index (χ3v) is 5.15. The Kier molecular flexibility index (Phi) is 11.7. The van der Waals surface area contributed by atoms with Gasteiger partial charge in [0.05, 0.1) is 26.4 Å². The molecule has 0 bridgehead atoms. The number of halogens is 1. The molecule has 1 atom stereocenters. The van der Waals surface area contributed by atoms with Crippen LogP contribution in [0.25, 0.3) is 0 Å². The Morgan fingerprint density at radius 2 is 1.77 bits per heavy atom. The predicted octanol–water partition coefficient (Wildman–Crippen LogP) is 3.66. The number of aliphatic imine (C=N–C) groups is 1. The van der Waals surface area contributed by atoms with E-state index in [1.807, 2.05) is 18.2 Å². The Bertz CT molecular complexity index is 782. The Hall–Kier alpha value is -1.84. The van der Waals surface area contributed by atoms with Gasteiger partial charge in [0.15, 0.2) is 5.96 Å². The fraction of sp³-hybridized carbons (Fsp3) is 0.458. The SMILES string of the molecule is CN=C(NCc1ccccc1N1CCOCC1)NCC(C)COCc1ccccc1.I. The molecule has 0 amide bonds. The van der Waals surface area contributed by atoms with Crippen molar-refractivity contribution in [2.45, 2.75) is 20.1 Å². The lowest BCUT2D eigenvalue weighted by Gasteiger charge is -2.30. The largest absolute Gasteiger partial charge is 0.378 e. The van der Waals surface area contributed by atoms with E-state index >= 15 is 0 Å². The van der Waals surface area contributed by atoms with Crippen LogP contribution in [0, 0.1) is 5.92 Å². The number of benzene rings is 2. The second kappa shape index (κ2) is 14.3. The highest BCUT2D eigenvalue weighted by atomic mass is 127. The number of nitrogens with one attached hydrogen (secondary N) is 2. The number of guanidine groups is 1. The number of ether oxygens (including phenoxy) is 2. The van der Waals surface area contributed by atoms with Gasteiger partial charge in [0, 0.05) is 38.9 Å². The topological polar surface area (TPSA) is 58.1 Å². The summed E-state index contributed by atoms with van der Waals surface area (Å²) in [6.07, 6.45) is 0. The van der Waals surface area contributed by atoms with Crippen LogP contribution in [0.1, 0.15) is 18.1 Å². The maximum atomic E-state index is 5.84. The molecule has 0 aromatic heterocycles. The zero-order chi connectivity index (χ0) is 21.0.